The average molecular weight is 212 g/mol. The summed E-state index contributed by atoms with van der Waals surface area (Å²) in [6.07, 6.45) is 0.455. The van der Waals surface area contributed by atoms with Gasteiger partial charge in [0.05, 0.1) is 17.1 Å². The zero-order valence-electron chi connectivity index (χ0n) is 8.65. The second-order valence-corrected chi connectivity index (χ2v) is 3.41. The number of rotatable bonds is 0. The van der Waals surface area contributed by atoms with Gasteiger partial charge in [-0.1, -0.05) is 31.5 Å². The van der Waals surface area contributed by atoms with E-state index in [4.69, 9.17) is 11.6 Å². The minimum absolute atomic E-state index is 0.0255. The predicted molar refractivity (Wildman–Crippen MR) is 59.9 cm³/mol. The van der Waals surface area contributed by atoms with Gasteiger partial charge in [0.15, 0.2) is 0 Å². The Hall–Kier alpha value is -1.02. The van der Waals surface area contributed by atoms with Crippen molar-refractivity contribution in [3.8, 4) is 0 Å². The van der Waals surface area contributed by atoms with Gasteiger partial charge in [-0.2, -0.15) is 0 Å². The fraction of sp³-hybridized carbons (Fsp3) is 0.364. The second kappa shape index (κ2) is 4.47. The quantitative estimate of drug-likeness (QED) is 0.702. The van der Waals surface area contributed by atoms with Crippen molar-refractivity contribution in [1.82, 2.24) is 0 Å². The second-order valence-electron chi connectivity index (χ2n) is 3.01. The highest BCUT2D eigenvalue weighted by Crippen LogP contribution is 2.31. The first-order valence-corrected chi connectivity index (χ1v) is 5.13. The summed E-state index contributed by atoms with van der Waals surface area (Å²) in [5.41, 5.74) is 2.88. The molecule has 0 atom stereocenters. The highest BCUT2D eigenvalue weighted by Gasteiger charge is 2.19. The Morgan fingerprint density at radius 3 is 2.64 bits per heavy atom. The SMILES string of the molecule is CC.Cc1cc(Cl)c2c(c1)CC(=O)N2. The summed E-state index contributed by atoms with van der Waals surface area (Å²) in [5.74, 6) is 0.0255. The van der Waals surface area contributed by atoms with Crippen LogP contribution < -0.4 is 5.32 Å². The van der Waals surface area contributed by atoms with Gasteiger partial charge in [-0.3, -0.25) is 4.79 Å². The molecule has 1 amide bonds. The van der Waals surface area contributed by atoms with Crippen molar-refractivity contribution in [3.05, 3.63) is 28.3 Å². The van der Waals surface area contributed by atoms with Gasteiger partial charge in [0.2, 0.25) is 5.91 Å². The van der Waals surface area contributed by atoms with E-state index in [9.17, 15) is 4.79 Å². The van der Waals surface area contributed by atoms with Crippen LogP contribution in [0.5, 0.6) is 0 Å². The summed E-state index contributed by atoms with van der Waals surface area (Å²) in [4.78, 5) is 11.0. The van der Waals surface area contributed by atoms with Crippen molar-refractivity contribution in [1.29, 1.82) is 0 Å². The number of amides is 1. The number of aryl methyl sites for hydroxylation is 1. The molecular weight excluding hydrogens is 198 g/mol. The summed E-state index contributed by atoms with van der Waals surface area (Å²) >= 11 is 5.93. The highest BCUT2D eigenvalue weighted by molar-refractivity contribution is 6.34. The van der Waals surface area contributed by atoms with E-state index in [0.717, 1.165) is 16.8 Å². The molecule has 0 unspecified atom stereocenters. The van der Waals surface area contributed by atoms with Gasteiger partial charge in [-0.05, 0) is 24.1 Å². The van der Waals surface area contributed by atoms with Crippen molar-refractivity contribution in [2.45, 2.75) is 27.2 Å². The predicted octanol–water partition coefficient (Wildman–Crippen LogP) is 3.17. The largest absolute Gasteiger partial charge is 0.324 e. The molecule has 2 nitrogen and oxygen atoms in total. The van der Waals surface area contributed by atoms with Gasteiger partial charge in [0.1, 0.15) is 0 Å². The van der Waals surface area contributed by atoms with Gasteiger partial charge >= 0.3 is 0 Å². The molecule has 2 rings (SSSR count). The molecular formula is C11H14ClNO. The third kappa shape index (κ3) is 2.07. The first kappa shape index (κ1) is 11.1. The van der Waals surface area contributed by atoms with Crippen molar-refractivity contribution in [3.63, 3.8) is 0 Å². The van der Waals surface area contributed by atoms with Crippen molar-refractivity contribution >= 4 is 23.2 Å². The molecule has 1 aliphatic rings. The first-order valence-electron chi connectivity index (χ1n) is 4.75. The zero-order chi connectivity index (χ0) is 10.7. The molecule has 1 aliphatic heterocycles. The van der Waals surface area contributed by atoms with Crippen LogP contribution in [0.2, 0.25) is 5.02 Å². The number of anilines is 1. The van der Waals surface area contributed by atoms with Crippen LogP contribution in [0.3, 0.4) is 0 Å². The van der Waals surface area contributed by atoms with E-state index in [1.54, 1.807) is 0 Å². The minimum atomic E-state index is 0.0255. The summed E-state index contributed by atoms with van der Waals surface area (Å²) in [6.45, 7) is 5.97. The van der Waals surface area contributed by atoms with E-state index in [1.165, 1.54) is 0 Å². The van der Waals surface area contributed by atoms with Gasteiger partial charge < -0.3 is 5.32 Å². The number of hydrogen-bond donors (Lipinski definition) is 1. The molecule has 3 heteroatoms. The third-order valence-corrected chi connectivity index (χ3v) is 2.23. The number of carbonyl (C=O) groups is 1. The molecule has 14 heavy (non-hydrogen) atoms. The average Bonchev–Trinajstić information content (AvgIpc) is 2.49. The van der Waals surface area contributed by atoms with E-state index in [0.29, 0.717) is 11.4 Å². The van der Waals surface area contributed by atoms with Gasteiger partial charge in [-0.15, -0.1) is 0 Å². The van der Waals surface area contributed by atoms with E-state index >= 15 is 0 Å². The first-order chi connectivity index (χ1) is 6.66. The zero-order valence-corrected chi connectivity index (χ0v) is 9.40. The fourth-order valence-corrected chi connectivity index (χ4v) is 1.79. The summed E-state index contributed by atoms with van der Waals surface area (Å²) < 4.78 is 0. The monoisotopic (exact) mass is 211 g/mol. The molecule has 76 valence electrons. The van der Waals surface area contributed by atoms with Crippen LogP contribution in [-0.2, 0) is 11.2 Å². The molecule has 0 saturated carbocycles. The van der Waals surface area contributed by atoms with E-state index in [2.05, 4.69) is 5.32 Å². The summed E-state index contributed by atoms with van der Waals surface area (Å²) in [5, 5.41) is 3.36. The topological polar surface area (TPSA) is 29.1 Å². The number of fused-ring (bicyclic) bond motifs is 1. The van der Waals surface area contributed by atoms with Crippen LogP contribution in [0.25, 0.3) is 0 Å². The third-order valence-electron chi connectivity index (χ3n) is 1.93. The Bertz CT molecular complexity index is 361. The number of hydrogen-bond acceptors (Lipinski definition) is 1. The van der Waals surface area contributed by atoms with E-state index in [1.807, 2.05) is 32.9 Å². The van der Waals surface area contributed by atoms with E-state index in [-0.39, 0.29) is 5.91 Å². The highest BCUT2D eigenvalue weighted by atomic mass is 35.5. The number of halogens is 1. The molecule has 0 radical (unpaired) electrons. The lowest BCUT2D eigenvalue weighted by atomic mass is 10.1. The van der Waals surface area contributed by atoms with Gasteiger partial charge in [0.25, 0.3) is 0 Å². The number of benzene rings is 1. The van der Waals surface area contributed by atoms with Crippen molar-refractivity contribution in [2.24, 2.45) is 0 Å². The maximum atomic E-state index is 11.0. The molecule has 0 fully saturated rings. The number of carbonyl (C=O) groups excluding carboxylic acids is 1. The van der Waals surface area contributed by atoms with Crippen LogP contribution in [0.4, 0.5) is 5.69 Å². The Morgan fingerprint density at radius 1 is 1.36 bits per heavy atom. The molecule has 1 heterocycles. The van der Waals surface area contributed by atoms with Crippen LogP contribution in [-0.4, -0.2) is 5.91 Å². The summed E-state index contributed by atoms with van der Waals surface area (Å²) in [6, 6.07) is 3.84. The van der Waals surface area contributed by atoms with Crippen LogP contribution in [0.1, 0.15) is 25.0 Å². The molecule has 1 aromatic rings. The maximum absolute atomic E-state index is 11.0. The Labute approximate surface area is 89.3 Å². The minimum Gasteiger partial charge on any atom is -0.324 e. The summed E-state index contributed by atoms with van der Waals surface area (Å²) in [7, 11) is 0. The maximum Gasteiger partial charge on any atom is 0.228 e. The Balaban J connectivity index is 0.000000461. The van der Waals surface area contributed by atoms with E-state index < -0.39 is 0 Å². The number of nitrogens with one attached hydrogen (secondary N) is 1. The van der Waals surface area contributed by atoms with Crippen molar-refractivity contribution < 1.29 is 4.79 Å². The van der Waals surface area contributed by atoms with Crippen molar-refractivity contribution in [2.75, 3.05) is 5.32 Å². The van der Waals surface area contributed by atoms with Crippen LogP contribution in [0, 0.1) is 6.92 Å². The van der Waals surface area contributed by atoms with Gasteiger partial charge in [-0.25, -0.2) is 0 Å². The lowest BCUT2D eigenvalue weighted by molar-refractivity contribution is -0.115. The molecule has 0 aliphatic carbocycles. The lowest BCUT2D eigenvalue weighted by Gasteiger charge is -2.02. The molecule has 1 aromatic carbocycles. The lowest BCUT2D eigenvalue weighted by Crippen LogP contribution is -2.03. The molecule has 0 bridgehead atoms. The molecule has 0 aromatic heterocycles. The molecule has 1 N–H and O–H groups in total. The normalized spacial score (nSPS) is 12.7. The van der Waals surface area contributed by atoms with Gasteiger partial charge in [0, 0.05) is 0 Å². The molecule has 0 saturated heterocycles. The Kier molecular flexibility index (Phi) is 3.53. The van der Waals surface area contributed by atoms with Crippen LogP contribution >= 0.6 is 11.6 Å². The standard InChI is InChI=1S/C9H8ClNO.C2H6/c1-5-2-6-4-8(12)11-9(6)7(10)3-5;1-2/h2-3H,4H2,1H3,(H,11,12);1-2H3. The van der Waals surface area contributed by atoms with Crippen LogP contribution in [0.15, 0.2) is 12.1 Å². The smallest absolute Gasteiger partial charge is 0.228 e. The Morgan fingerprint density at radius 2 is 2.00 bits per heavy atom. The fourth-order valence-electron chi connectivity index (χ4n) is 1.45. The molecule has 0 spiro atoms.